The molecular formula is C23H22F2N2O3. The summed E-state index contributed by atoms with van der Waals surface area (Å²) in [6.07, 6.45) is 0. The Bertz CT molecular complexity index is 1150. The van der Waals surface area contributed by atoms with Crippen LogP contribution in [0.3, 0.4) is 0 Å². The molecule has 3 aromatic rings. The molecule has 1 atom stereocenters. The van der Waals surface area contributed by atoms with Gasteiger partial charge in [-0.25, -0.2) is 8.78 Å². The van der Waals surface area contributed by atoms with Crippen molar-refractivity contribution < 1.29 is 18.0 Å². The van der Waals surface area contributed by atoms with E-state index < -0.39 is 29.0 Å². The number of fused-ring (bicyclic) bond motifs is 2. The first kappa shape index (κ1) is 20.2. The quantitative estimate of drug-likeness (QED) is 0.615. The molecule has 156 valence electrons. The highest BCUT2D eigenvalue weighted by Crippen LogP contribution is 2.38. The van der Waals surface area contributed by atoms with Crippen molar-refractivity contribution in [1.82, 2.24) is 9.80 Å². The SMILES string of the molecule is CCN(CC)CCN1C(=O)c2oc3ccc(F)cc3c(=O)c2[C@H]1c1ccc(F)cc1. The summed E-state index contributed by atoms with van der Waals surface area (Å²) >= 11 is 0. The molecule has 0 radical (unpaired) electrons. The van der Waals surface area contributed by atoms with Crippen molar-refractivity contribution in [1.29, 1.82) is 0 Å². The summed E-state index contributed by atoms with van der Waals surface area (Å²) in [5.41, 5.74) is 0.492. The Morgan fingerprint density at radius 3 is 2.33 bits per heavy atom. The van der Waals surface area contributed by atoms with Crippen LogP contribution >= 0.6 is 0 Å². The van der Waals surface area contributed by atoms with E-state index in [9.17, 15) is 18.4 Å². The van der Waals surface area contributed by atoms with E-state index in [0.29, 0.717) is 18.7 Å². The molecule has 0 bridgehead atoms. The number of rotatable bonds is 6. The lowest BCUT2D eigenvalue weighted by atomic mass is 9.98. The normalized spacial score (nSPS) is 16.0. The van der Waals surface area contributed by atoms with Crippen molar-refractivity contribution in [2.24, 2.45) is 0 Å². The molecule has 1 aliphatic rings. The third kappa shape index (κ3) is 3.39. The van der Waals surface area contributed by atoms with Crippen molar-refractivity contribution in [3.63, 3.8) is 0 Å². The lowest BCUT2D eigenvalue weighted by Gasteiger charge is -2.28. The Morgan fingerprint density at radius 2 is 1.67 bits per heavy atom. The van der Waals surface area contributed by atoms with Gasteiger partial charge in [0, 0.05) is 13.1 Å². The topological polar surface area (TPSA) is 53.8 Å². The van der Waals surface area contributed by atoms with Crippen LogP contribution in [0.15, 0.2) is 51.7 Å². The number of hydrogen-bond acceptors (Lipinski definition) is 4. The van der Waals surface area contributed by atoms with Crippen molar-refractivity contribution >= 4 is 16.9 Å². The van der Waals surface area contributed by atoms with Crippen LogP contribution in [0.2, 0.25) is 0 Å². The maximum absolute atomic E-state index is 13.8. The van der Waals surface area contributed by atoms with Gasteiger partial charge in [-0.15, -0.1) is 0 Å². The maximum atomic E-state index is 13.8. The summed E-state index contributed by atoms with van der Waals surface area (Å²) in [5.74, 6) is -1.40. The predicted molar refractivity (Wildman–Crippen MR) is 110 cm³/mol. The fourth-order valence-corrected chi connectivity index (χ4v) is 4.00. The van der Waals surface area contributed by atoms with Gasteiger partial charge >= 0.3 is 0 Å². The average Bonchev–Trinajstić information content (AvgIpc) is 3.02. The first-order valence-corrected chi connectivity index (χ1v) is 9.99. The molecule has 0 N–H and O–H groups in total. The van der Waals surface area contributed by atoms with Crippen LogP contribution < -0.4 is 5.43 Å². The monoisotopic (exact) mass is 412 g/mol. The van der Waals surface area contributed by atoms with Crippen LogP contribution in [-0.4, -0.2) is 41.9 Å². The summed E-state index contributed by atoms with van der Waals surface area (Å²) in [7, 11) is 0. The van der Waals surface area contributed by atoms with Crippen LogP contribution in [0.1, 0.15) is 41.6 Å². The number of benzene rings is 2. The van der Waals surface area contributed by atoms with Crippen LogP contribution in [0.25, 0.3) is 11.0 Å². The second kappa shape index (κ2) is 7.99. The molecular weight excluding hydrogens is 390 g/mol. The van der Waals surface area contributed by atoms with E-state index in [0.717, 1.165) is 19.2 Å². The lowest BCUT2D eigenvalue weighted by molar-refractivity contribution is 0.0708. The molecule has 0 spiro atoms. The van der Waals surface area contributed by atoms with Gasteiger partial charge in [-0.05, 0) is 49.0 Å². The van der Waals surface area contributed by atoms with E-state index in [2.05, 4.69) is 4.90 Å². The van der Waals surface area contributed by atoms with Crippen LogP contribution in [0.4, 0.5) is 8.78 Å². The third-order valence-electron chi connectivity index (χ3n) is 5.67. The van der Waals surface area contributed by atoms with Crippen molar-refractivity contribution in [3.8, 4) is 0 Å². The summed E-state index contributed by atoms with van der Waals surface area (Å²) < 4.78 is 33.1. The molecule has 7 heteroatoms. The highest BCUT2D eigenvalue weighted by atomic mass is 19.1. The van der Waals surface area contributed by atoms with Crippen LogP contribution in [-0.2, 0) is 0 Å². The van der Waals surface area contributed by atoms with Crippen molar-refractivity contribution in [2.75, 3.05) is 26.2 Å². The Labute approximate surface area is 172 Å². The summed E-state index contributed by atoms with van der Waals surface area (Å²) in [4.78, 5) is 30.2. The van der Waals surface area contributed by atoms with E-state index in [1.165, 1.54) is 24.3 Å². The second-order valence-electron chi connectivity index (χ2n) is 7.29. The van der Waals surface area contributed by atoms with Gasteiger partial charge in [-0.1, -0.05) is 26.0 Å². The Morgan fingerprint density at radius 1 is 1.00 bits per heavy atom. The smallest absolute Gasteiger partial charge is 0.290 e. The van der Waals surface area contributed by atoms with Crippen LogP contribution in [0.5, 0.6) is 0 Å². The first-order chi connectivity index (χ1) is 14.4. The zero-order valence-electron chi connectivity index (χ0n) is 16.8. The zero-order chi connectivity index (χ0) is 21.4. The van der Waals surface area contributed by atoms with Gasteiger partial charge in [0.1, 0.15) is 17.2 Å². The fraction of sp³-hybridized carbons (Fsp3) is 0.304. The van der Waals surface area contributed by atoms with E-state index >= 15 is 0 Å². The number of carbonyl (C=O) groups excluding carboxylic acids is 1. The number of hydrogen-bond donors (Lipinski definition) is 0. The van der Waals surface area contributed by atoms with Gasteiger partial charge in [-0.3, -0.25) is 9.59 Å². The van der Waals surface area contributed by atoms with Gasteiger partial charge in [0.15, 0.2) is 5.43 Å². The van der Waals surface area contributed by atoms with E-state index in [4.69, 9.17) is 4.42 Å². The van der Waals surface area contributed by atoms with Gasteiger partial charge in [0.2, 0.25) is 5.76 Å². The minimum absolute atomic E-state index is 0.0343. The Kier molecular flexibility index (Phi) is 5.39. The van der Waals surface area contributed by atoms with Crippen molar-refractivity contribution in [3.05, 3.63) is 81.2 Å². The molecule has 1 amide bonds. The summed E-state index contributed by atoms with van der Waals surface area (Å²) in [6.45, 7) is 6.71. The average molecular weight is 412 g/mol. The highest BCUT2D eigenvalue weighted by Gasteiger charge is 2.42. The lowest BCUT2D eigenvalue weighted by Crippen LogP contribution is -2.37. The molecule has 1 aliphatic heterocycles. The molecule has 2 heterocycles. The molecule has 30 heavy (non-hydrogen) atoms. The highest BCUT2D eigenvalue weighted by molar-refractivity contribution is 5.99. The molecule has 5 nitrogen and oxygen atoms in total. The van der Waals surface area contributed by atoms with Gasteiger partial charge < -0.3 is 14.2 Å². The molecule has 2 aromatic carbocycles. The van der Waals surface area contributed by atoms with Gasteiger partial charge in [0.25, 0.3) is 5.91 Å². The van der Waals surface area contributed by atoms with Crippen molar-refractivity contribution in [2.45, 2.75) is 19.9 Å². The number of likely N-dealkylation sites (N-methyl/N-ethyl adjacent to an activating group) is 1. The van der Waals surface area contributed by atoms with Gasteiger partial charge in [-0.2, -0.15) is 0 Å². The largest absolute Gasteiger partial charge is 0.450 e. The Hall–Kier alpha value is -3.06. The summed E-state index contributed by atoms with van der Waals surface area (Å²) in [6, 6.07) is 8.65. The molecule has 0 unspecified atom stereocenters. The van der Waals surface area contributed by atoms with E-state index in [1.807, 2.05) is 13.8 Å². The molecule has 4 rings (SSSR count). The minimum Gasteiger partial charge on any atom is -0.450 e. The third-order valence-corrected chi connectivity index (χ3v) is 5.67. The van der Waals surface area contributed by atoms with E-state index in [-0.39, 0.29) is 22.3 Å². The predicted octanol–water partition coefficient (Wildman–Crippen LogP) is 3.96. The molecule has 0 saturated carbocycles. The standard InChI is InChI=1S/C23H22F2N2O3/c1-3-26(4-2)11-12-27-20(14-5-7-15(24)8-6-14)19-21(28)17-13-16(25)9-10-18(17)30-22(19)23(27)29/h5-10,13,20H,3-4,11-12H2,1-2H3/t20-/m1/s1. The zero-order valence-corrected chi connectivity index (χ0v) is 16.8. The molecule has 0 saturated heterocycles. The summed E-state index contributed by atoms with van der Waals surface area (Å²) in [5, 5.41) is 0.0826. The number of carbonyl (C=O) groups is 1. The number of halogens is 2. The molecule has 0 aliphatic carbocycles. The maximum Gasteiger partial charge on any atom is 0.290 e. The number of nitrogens with zero attached hydrogens (tertiary/aromatic N) is 2. The number of amides is 1. The second-order valence-corrected chi connectivity index (χ2v) is 7.29. The van der Waals surface area contributed by atoms with Gasteiger partial charge in [0.05, 0.1) is 17.0 Å². The van der Waals surface area contributed by atoms with Crippen LogP contribution in [0, 0.1) is 11.6 Å². The van der Waals surface area contributed by atoms with E-state index in [1.54, 1.807) is 17.0 Å². The minimum atomic E-state index is -0.715. The Balaban J connectivity index is 1.87. The first-order valence-electron chi connectivity index (χ1n) is 9.99. The molecule has 0 fully saturated rings. The molecule has 1 aromatic heterocycles. The fourth-order valence-electron chi connectivity index (χ4n) is 4.00.